The fraction of sp³-hybridized carbons (Fsp3) is 0.179. The minimum atomic E-state index is -0.296. The second-order valence-electron chi connectivity index (χ2n) is 8.10. The summed E-state index contributed by atoms with van der Waals surface area (Å²) in [6.07, 6.45) is 3.30. The van der Waals surface area contributed by atoms with Crippen LogP contribution in [0.25, 0.3) is 0 Å². The highest BCUT2D eigenvalue weighted by Gasteiger charge is 2.12. The molecule has 0 saturated heterocycles. The number of methoxy groups -OCH3 is 2. The van der Waals surface area contributed by atoms with Gasteiger partial charge in [0.1, 0.15) is 22.9 Å². The summed E-state index contributed by atoms with van der Waals surface area (Å²) in [4.78, 5) is 29.5. The van der Waals surface area contributed by atoms with Gasteiger partial charge in [0, 0.05) is 35.7 Å². The van der Waals surface area contributed by atoms with Gasteiger partial charge < -0.3 is 29.4 Å². The molecule has 0 unspecified atom stereocenters. The Morgan fingerprint density at radius 2 is 1.41 bits per heavy atom. The molecule has 37 heavy (non-hydrogen) atoms. The minimum absolute atomic E-state index is 0.275. The van der Waals surface area contributed by atoms with Crippen molar-refractivity contribution in [3.63, 3.8) is 0 Å². The van der Waals surface area contributed by atoms with Crippen molar-refractivity contribution < 1.29 is 23.8 Å². The van der Waals surface area contributed by atoms with Crippen LogP contribution in [0.2, 0.25) is 0 Å². The number of benzene rings is 3. The summed E-state index contributed by atoms with van der Waals surface area (Å²) in [5.41, 5.74) is 3.03. The van der Waals surface area contributed by atoms with Gasteiger partial charge in [-0.2, -0.15) is 0 Å². The van der Waals surface area contributed by atoms with Crippen LogP contribution < -0.4 is 24.8 Å². The maximum atomic E-state index is 12.7. The first-order valence-corrected chi connectivity index (χ1v) is 11.7. The SMILES string of the molecule is CCOc1ccc(NC(=O)c2cn(Cc3ccc(NC(=O)c4cc(OC)cc(OC)c4)cc3)cn2)cc1. The molecule has 2 N–H and O–H groups in total. The van der Waals surface area contributed by atoms with Crippen LogP contribution in [0.5, 0.6) is 17.2 Å². The molecule has 1 aromatic heterocycles. The zero-order chi connectivity index (χ0) is 26.2. The summed E-state index contributed by atoms with van der Waals surface area (Å²) in [6, 6.07) is 19.6. The number of anilines is 2. The zero-order valence-corrected chi connectivity index (χ0v) is 20.9. The van der Waals surface area contributed by atoms with Crippen LogP contribution in [0.1, 0.15) is 33.3 Å². The summed E-state index contributed by atoms with van der Waals surface area (Å²) < 4.78 is 17.7. The standard InChI is InChI=1S/C28H28N4O5/c1-4-37-23-11-9-22(10-12-23)31-28(34)26-17-32(18-29-26)16-19-5-7-21(8-6-19)30-27(33)20-13-24(35-2)15-25(14-20)36-3/h5-15,17-18H,4,16H2,1-3H3,(H,30,33)(H,31,34). The summed E-state index contributed by atoms with van der Waals surface area (Å²) >= 11 is 0. The molecule has 0 saturated carbocycles. The van der Waals surface area contributed by atoms with Crippen LogP contribution >= 0.6 is 0 Å². The van der Waals surface area contributed by atoms with Crippen molar-refractivity contribution in [2.45, 2.75) is 13.5 Å². The number of carbonyl (C=O) groups is 2. The number of carbonyl (C=O) groups excluding carboxylic acids is 2. The fourth-order valence-electron chi connectivity index (χ4n) is 3.61. The highest BCUT2D eigenvalue weighted by atomic mass is 16.5. The van der Waals surface area contributed by atoms with Gasteiger partial charge in [0.2, 0.25) is 0 Å². The maximum absolute atomic E-state index is 12.7. The van der Waals surface area contributed by atoms with E-state index in [0.29, 0.717) is 47.3 Å². The van der Waals surface area contributed by atoms with E-state index in [2.05, 4.69) is 15.6 Å². The molecule has 0 atom stereocenters. The Kier molecular flexibility index (Phi) is 8.05. The molecule has 0 aliphatic rings. The number of aromatic nitrogens is 2. The lowest BCUT2D eigenvalue weighted by molar-refractivity contribution is 0.101. The van der Waals surface area contributed by atoms with Crippen molar-refractivity contribution in [1.29, 1.82) is 0 Å². The molecule has 2 amide bonds. The normalized spacial score (nSPS) is 10.5. The van der Waals surface area contributed by atoms with Crippen molar-refractivity contribution in [3.8, 4) is 17.2 Å². The Labute approximate surface area is 215 Å². The van der Waals surface area contributed by atoms with E-state index in [1.807, 2.05) is 35.8 Å². The van der Waals surface area contributed by atoms with Gasteiger partial charge in [-0.1, -0.05) is 12.1 Å². The molecule has 4 rings (SSSR count). The number of hydrogen-bond acceptors (Lipinski definition) is 6. The van der Waals surface area contributed by atoms with Crippen molar-refractivity contribution in [2.75, 3.05) is 31.5 Å². The minimum Gasteiger partial charge on any atom is -0.497 e. The van der Waals surface area contributed by atoms with E-state index >= 15 is 0 Å². The summed E-state index contributed by atoms with van der Waals surface area (Å²) in [5, 5.41) is 5.71. The number of hydrogen-bond donors (Lipinski definition) is 2. The third-order valence-electron chi connectivity index (χ3n) is 5.48. The van der Waals surface area contributed by atoms with Gasteiger partial charge in [-0.15, -0.1) is 0 Å². The van der Waals surface area contributed by atoms with E-state index in [-0.39, 0.29) is 11.8 Å². The van der Waals surface area contributed by atoms with E-state index in [4.69, 9.17) is 14.2 Å². The molecule has 0 radical (unpaired) electrons. The highest BCUT2D eigenvalue weighted by molar-refractivity contribution is 6.05. The van der Waals surface area contributed by atoms with Gasteiger partial charge in [0.15, 0.2) is 0 Å². The second-order valence-corrected chi connectivity index (χ2v) is 8.10. The van der Waals surface area contributed by atoms with Crippen LogP contribution in [-0.2, 0) is 6.54 Å². The quantitative estimate of drug-likeness (QED) is 0.323. The highest BCUT2D eigenvalue weighted by Crippen LogP contribution is 2.23. The topological polar surface area (TPSA) is 104 Å². The van der Waals surface area contributed by atoms with Gasteiger partial charge in [0.05, 0.1) is 27.2 Å². The molecule has 9 heteroatoms. The van der Waals surface area contributed by atoms with Crippen LogP contribution in [-0.4, -0.2) is 42.2 Å². The number of amides is 2. The predicted molar refractivity (Wildman–Crippen MR) is 141 cm³/mol. The first-order chi connectivity index (χ1) is 18.0. The van der Waals surface area contributed by atoms with Crippen LogP contribution in [0.3, 0.4) is 0 Å². The predicted octanol–water partition coefficient (Wildman–Crippen LogP) is 4.85. The Balaban J connectivity index is 1.34. The molecule has 0 fully saturated rings. The number of nitrogens with zero attached hydrogens (tertiary/aromatic N) is 2. The first kappa shape index (κ1) is 25.3. The smallest absolute Gasteiger partial charge is 0.275 e. The van der Waals surface area contributed by atoms with Crippen molar-refractivity contribution in [1.82, 2.24) is 9.55 Å². The third-order valence-corrected chi connectivity index (χ3v) is 5.48. The summed E-state index contributed by atoms with van der Waals surface area (Å²) in [7, 11) is 3.07. The van der Waals surface area contributed by atoms with Crippen LogP contribution in [0.15, 0.2) is 79.3 Å². The van der Waals surface area contributed by atoms with Crippen LogP contribution in [0, 0.1) is 0 Å². The molecule has 190 valence electrons. The van der Waals surface area contributed by atoms with E-state index in [1.165, 1.54) is 14.2 Å². The van der Waals surface area contributed by atoms with E-state index < -0.39 is 0 Å². The molecule has 4 aromatic rings. The third kappa shape index (κ3) is 6.66. The Morgan fingerprint density at radius 1 is 0.811 bits per heavy atom. The van der Waals surface area contributed by atoms with Gasteiger partial charge in [-0.05, 0) is 61.0 Å². The van der Waals surface area contributed by atoms with Crippen molar-refractivity contribution in [3.05, 3.63) is 96.1 Å². The number of nitrogens with one attached hydrogen (secondary N) is 2. The average Bonchev–Trinajstić information content (AvgIpc) is 3.39. The molecule has 0 spiro atoms. The summed E-state index contributed by atoms with van der Waals surface area (Å²) in [5.74, 6) is 1.24. The first-order valence-electron chi connectivity index (χ1n) is 11.7. The lowest BCUT2D eigenvalue weighted by Gasteiger charge is -2.10. The molecule has 9 nitrogen and oxygen atoms in total. The number of ether oxygens (including phenoxy) is 3. The van der Waals surface area contributed by atoms with Crippen LogP contribution in [0.4, 0.5) is 11.4 Å². The Bertz CT molecular complexity index is 1340. The molecule has 3 aromatic carbocycles. The van der Waals surface area contributed by atoms with E-state index in [1.54, 1.807) is 55.0 Å². The Hall–Kier alpha value is -4.79. The van der Waals surface area contributed by atoms with Gasteiger partial charge in [-0.25, -0.2) is 4.98 Å². The van der Waals surface area contributed by atoms with E-state index in [9.17, 15) is 9.59 Å². The van der Waals surface area contributed by atoms with E-state index in [0.717, 1.165) is 11.3 Å². The monoisotopic (exact) mass is 500 g/mol. The Morgan fingerprint density at radius 3 is 2.00 bits per heavy atom. The molecule has 0 aliphatic carbocycles. The molecular formula is C28H28N4O5. The zero-order valence-electron chi connectivity index (χ0n) is 20.9. The lowest BCUT2D eigenvalue weighted by atomic mass is 10.1. The largest absolute Gasteiger partial charge is 0.497 e. The van der Waals surface area contributed by atoms with Gasteiger partial charge >= 0.3 is 0 Å². The second kappa shape index (κ2) is 11.8. The molecular weight excluding hydrogens is 472 g/mol. The lowest BCUT2D eigenvalue weighted by Crippen LogP contribution is -2.12. The van der Waals surface area contributed by atoms with Crippen molar-refractivity contribution >= 4 is 23.2 Å². The maximum Gasteiger partial charge on any atom is 0.275 e. The molecule has 0 bridgehead atoms. The fourth-order valence-corrected chi connectivity index (χ4v) is 3.61. The average molecular weight is 501 g/mol. The molecule has 1 heterocycles. The molecule has 0 aliphatic heterocycles. The van der Waals surface area contributed by atoms with Gasteiger partial charge in [-0.3, -0.25) is 9.59 Å². The van der Waals surface area contributed by atoms with Crippen molar-refractivity contribution in [2.24, 2.45) is 0 Å². The summed E-state index contributed by atoms with van der Waals surface area (Å²) in [6.45, 7) is 3.02. The number of rotatable bonds is 10. The number of imidazole rings is 1. The van der Waals surface area contributed by atoms with Gasteiger partial charge in [0.25, 0.3) is 11.8 Å².